The summed E-state index contributed by atoms with van der Waals surface area (Å²) in [6, 6.07) is 2.99. The molecule has 5 heteroatoms. The summed E-state index contributed by atoms with van der Waals surface area (Å²) in [4.78, 5) is 12.5. The van der Waals surface area contributed by atoms with E-state index in [1.165, 1.54) is 6.07 Å². The van der Waals surface area contributed by atoms with Gasteiger partial charge in [-0.1, -0.05) is 0 Å². The molecule has 3 nitrogen and oxygen atoms in total. The van der Waals surface area contributed by atoms with Crippen LogP contribution < -0.4 is 4.74 Å². The molecule has 2 atom stereocenters. The quantitative estimate of drug-likeness (QED) is 0.582. The van der Waals surface area contributed by atoms with Gasteiger partial charge in [-0.15, -0.1) is 0 Å². The molecule has 0 aliphatic heterocycles. The molecule has 0 spiro atoms. The second-order valence-electron chi connectivity index (χ2n) is 10.8. The third kappa shape index (κ3) is 3.66. The van der Waals surface area contributed by atoms with Crippen LogP contribution in [0.15, 0.2) is 12.1 Å². The molecule has 6 rings (SSSR count). The van der Waals surface area contributed by atoms with Crippen molar-refractivity contribution in [2.45, 2.75) is 89.0 Å². The zero-order chi connectivity index (χ0) is 20.6. The van der Waals surface area contributed by atoms with Gasteiger partial charge in [-0.2, -0.15) is 0 Å². The monoisotopic (exact) mass is 404 g/mol. The molecule has 5 aliphatic rings. The van der Waals surface area contributed by atoms with Gasteiger partial charge in [0.1, 0.15) is 28.9 Å². The van der Waals surface area contributed by atoms with Crippen molar-refractivity contribution < 1.29 is 23.0 Å². The minimum atomic E-state index is -1.01. The van der Waals surface area contributed by atoms with Crippen LogP contribution in [-0.2, 0) is 4.74 Å². The van der Waals surface area contributed by atoms with Gasteiger partial charge >= 0.3 is 5.97 Å². The molecular weight excluding hydrogens is 374 g/mol. The van der Waals surface area contributed by atoms with E-state index in [0.717, 1.165) is 31.2 Å². The minimum Gasteiger partial charge on any atom is -0.489 e. The van der Waals surface area contributed by atoms with E-state index in [-0.39, 0.29) is 23.5 Å². The SMILES string of the molecule is CC(C)(C)OC(=O)c1cc(C2CC2)c(O[C@H]2C3CC4CC2C[C@@](F)(C4)C3)cc1F. The molecular formula is C24H30F2O3. The highest BCUT2D eigenvalue weighted by molar-refractivity contribution is 5.90. The largest absolute Gasteiger partial charge is 0.489 e. The normalized spacial score (nSPS) is 35.6. The lowest BCUT2D eigenvalue weighted by atomic mass is 9.53. The Kier molecular flexibility index (Phi) is 4.28. The maximum Gasteiger partial charge on any atom is 0.341 e. The lowest BCUT2D eigenvalue weighted by Gasteiger charge is -2.56. The molecule has 158 valence electrons. The van der Waals surface area contributed by atoms with Crippen molar-refractivity contribution in [3.05, 3.63) is 29.1 Å². The van der Waals surface area contributed by atoms with E-state index in [0.29, 0.717) is 36.8 Å². The molecule has 1 aromatic rings. The van der Waals surface area contributed by atoms with Crippen molar-refractivity contribution in [2.24, 2.45) is 17.8 Å². The van der Waals surface area contributed by atoms with Crippen LogP contribution in [0.2, 0.25) is 0 Å². The fourth-order valence-corrected chi connectivity index (χ4v) is 6.09. The summed E-state index contributed by atoms with van der Waals surface area (Å²) in [5.74, 6) is 0.506. The topological polar surface area (TPSA) is 35.5 Å². The lowest BCUT2D eigenvalue weighted by Crippen LogP contribution is -2.56. The molecule has 0 heterocycles. The smallest absolute Gasteiger partial charge is 0.341 e. The minimum absolute atomic E-state index is 0.0260. The Hall–Kier alpha value is -1.65. The zero-order valence-corrected chi connectivity index (χ0v) is 17.5. The van der Waals surface area contributed by atoms with Crippen LogP contribution >= 0.6 is 0 Å². The van der Waals surface area contributed by atoms with Crippen molar-refractivity contribution in [3.63, 3.8) is 0 Å². The van der Waals surface area contributed by atoms with Crippen LogP contribution in [0, 0.1) is 23.6 Å². The highest BCUT2D eigenvalue weighted by atomic mass is 19.1. The Balaban J connectivity index is 1.42. The van der Waals surface area contributed by atoms with Gasteiger partial charge in [0.05, 0.1) is 5.56 Å². The first kappa shape index (κ1) is 19.3. The fourth-order valence-electron chi connectivity index (χ4n) is 6.09. The number of alkyl halides is 1. The molecule has 0 saturated heterocycles. The average molecular weight is 404 g/mol. The first-order chi connectivity index (χ1) is 13.6. The van der Waals surface area contributed by atoms with E-state index in [9.17, 15) is 13.6 Å². The number of halogens is 2. The maximum absolute atomic E-state index is 15.0. The molecule has 0 aromatic heterocycles. The van der Waals surface area contributed by atoms with Gasteiger partial charge < -0.3 is 9.47 Å². The molecule has 0 radical (unpaired) electrons. The lowest BCUT2D eigenvalue weighted by molar-refractivity contribution is -0.134. The molecule has 4 bridgehead atoms. The van der Waals surface area contributed by atoms with Gasteiger partial charge in [0.15, 0.2) is 0 Å². The predicted molar refractivity (Wildman–Crippen MR) is 105 cm³/mol. The summed E-state index contributed by atoms with van der Waals surface area (Å²) in [5, 5.41) is 0. The van der Waals surface area contributed by atoms with Gasteiger partial charge in [-0.25, -0.2) is 13.6 Å². The van der Waals surface area contributed by atoms with Crippen molar-refractivity contribution in [1.29, 1.82) is 0 Å². The molecule has 29 heavy (non-hydrogen) atoms. The number of carbonyl (C=O) groups excluding carboxylic acids is 1. The van der Waals surface area contributed by atoms with Gasteiger partial charge in [0, 0.05) is 6.07 Å². The Morgan fingerprint density at radius 1 is 1.10 bits per heavy atom. The fraction of sp³-hybridized carbons (Fsp3) is 0.708. The van der Waals surface area contributed by atoms with Crippen LogP contribution in [0.4, 0.5) is 8.78 Å². The number of rotatable bonds is 4. The van der Waals surface area contributed by atoms with Gasteiger partial charge in [0.25, 0.3) is 0 Å². The standard InChI is InChI=1S/C24H30F2O3/c1-23(2,3)29-22(27)18-8-17(14-4-5-14)20(9-19(18)25)28-21-15-6-13-7-16(21)12-24(26,10-13)11-15/h8-9,13-16,21H,4-7,10-12H2,1-3H3/t13?,15?,16?,21-,24+. The van der Waals surface area contributed by atoms with E-state index >= 15 is 0 Å². The van der Waals surface area contributed by atoms with Crippen LogP contribution in [0.5, 0.6) is 5.75 Å². The van der Waals surface area contributed by atoms with Gasteiger partial charge in [-0.05, 0) is 101 Å². The molecule has 0 N–H and O–H groups in total. The second kappa shape index (κ2) is 6.42. The number of hydrogen-bond acceptors (Lipinski definition) is 3. The average Bonchev–Trinajstić information content (AvgIpc) is 3.40. The molecule has 1 aromatic carbocycles. The highest BCUT2D eigenvalue weighted by Gasteiger charge is 2.57. The summed E-state index contributed by atoms with van der Waals surface area (Å²) < 4.78 is 41.7. The summed E-state index contributed by atoms with van der Waals surface area (Å²) in [6.45, 7) is 5.31. The van der Waals surface area contributed by atoms with Gasteiger partial charge in [-0.3, -0.25) is 0 Å². The van der Waals surface area contributed by atoms with E-state index < -0.39 is 23.1 Å². The van der Waals surface area contributed by atoms with E-state index in [4.69, 9.17) is 9.47 Å². The summed E-state index contributed by atoms with van der Waals surface area (Å²) in [6.07, 6.45) is 5.88. The van der Waals surface area contributed by atoms with Gasteiger partial charge in [0.2, 0.25) is 0 Å². The highest BCUT2D eigenvalue weighted by Crippen LogP contribution is 2.58. The Bertz CT molecular complexity index is 823. The number of benzene rings is 1. The first-order valence-electron chi connectivity index (χ1n) is 11.0. The summed E-state index contributed by atoms with van der Waals surface area (Å²) in [5.41, 5.74) is -0.819. The number of esters is 1. The van der Waals surface area contributed by atoms with Crippen molar-refractivity contribution in [3.8, 4) is 5.75 Å². The summed E-state index contributed by atoms with van der Waals surface area (Å²) >= 11 is 0. The molecule has 5 fully saturated rings. The maximum atomic E-state index is 15.0. The predicted octanol–water partition coefficient (Wildman–Crippen LogP) is 5.95. The molecule has 0 amide bonds. The number of hydrogen-bond donors (Lipinski definition) is 0. The third-order valence-electron chi connectivity index (χ3n) is 7.11. The van der Waals surface area contributed by atoms with Crippen molar-refractivity contribution >= 4 is 5.97 Å². The third-order valence-corrected chi connectivity index (χ3v) is 7.11. The Morgan fingerprint density at radius 2 is 1.76 bits per heavy atom. The molecule has 5 saturated carbocycles. The second-order valence-corrected chi connectivity index (χ2v) is 10.8. The van der Waals surface area contributed by atoms with E-state index in [1.54, 1.807) is 26.8 Å². The van der Waals surface area contributed by atoms with Crippen molar-refractivity contribution in [1.82, 2.24) is 0 Å². The van der Waals surface area contributed by atoms with Crippen LogP contribution in [0.1, 0.15) is 87.6 Å². The Morgan fingerprint density at radius 3 is 2.31 bits per heavy atom. The van der Waals surface area contributed by atoms with Crippen molar-refractivity contribution in [2.75, 3.05) is 0 Å². The molecule has 5 aliphatic carbocycles. The van der Waals surface area contributed by atoms with Crippen LogP contribution in [0.25, 0.3) is 0 Å². The number of ether oxygens (including phenoxy) is 2. The Labute approximate surface area is 171 Å². The first-order valence-corrected chi connectivity index (χ1v) is 11.0. The van der Waals surface area contributed by atoms with E-state index in [1.807, 2.05) is 0 Å². The van der Waals surface area contributed by atoms with Crippen LogP contribution in [-0.4, -0.2) is 23.3 Å². The van der Waals surface area contributed by atoms with E-state index in [2.05, 4.69) is 0 Å². The molecule has 2 unspecified atom stereocenters. The zero-order valence-electron chi connectivity index (χ0n) is 17.5. The number of carbonyl (C=O) groups is 1. The van der Waals surface area contributed by atoms with Crippen LogP contribution in [0.3, 0.4) is 0 Å². The summed E-state index contributed by atoms with van der Waals surface area (Å²) in [7, 11) is 0.